The predicted octanol–water partition coefficient (Wildman–Crippen LogP) is 9.50. The van der Waals surface area contributed by atoms with Crippen molar-refractivity contribution < 1.29 is 0 Å². The minimum atomic E-state index is -0.214. The topological polar surface area (TPSA) is 28.0 Å². The Morgan fingerprint density at radius 1 is 0.611 bits per heavy atom. The van der Waals surface area contributed by atoms with Gasteiger partial charge in [0.15, 0.2) is 0 Å². The molecule has 180 valence electrons. The summed E-state index contributed by atoms with van der Waals surface area (Å²) < 4.78 is 1.04. The van der Waals surface area contributed by atoms with Gasteiger partial charge in [-0.25, -0.2) is 9.98 Å². The van der Waals surface area contributed by atoms with Crippen LogP contribution in [0.15, 0.2) is 124 Å². The molecule has 0 amide bonds. The quantitative estimate of drug-likeness (QED) is 0.250. The molecule has 0 saturated heterocycles. The van der Waals surface area contributed by atoms with E-state index in [9.17, 15) is 0 Å². The maximum absolute atomic E-state index is 5.11. The van der Waals surface area contributed by atoms with Gasteiger partial charge in [0.1, 0.15) is 5.84 Å². The highest BCUT2D eigenvalue weighted by molar-refractivity contribution is 9.10. The van der Waals surface area contributed by atoms with Gasteiger partial charge in [0.2, 0.25) is 0 Å². The Balaban J connectivity index is 1.53. The Morgan fingerprint density at radius 2 is 1.11 bits per heavy atom. The SMILES string of the molecule is CC1(C)C(=Nc2ccc(Br)cc2)N=C(c2ccc(N(c3ccccc3)c3ccccc3)cc2)C1(C)C. The number of benzene rings is 4. The minimum absolute atomic E-state index is 0.179. The Hall–Kier alpha value is -3.50. The van der Waals surface area contributed by atoms with Crippen LogP contribution in [0.25, 0.3) is 0 Å². The van der Waals surface area contributed by atoms with Crippen LogP contribution >= 0.6 is 15.9 Å². The van der Waals surface area contributed by atoms with Crippen molar-refractivity contribution in [3.63, 3.8) is 0 Å². The highest BCUT2D eigenvalue weighted by atomic mass is 79.9. The summed E-state index contributed by atoms with van der Waals surface area (Å²) in [5.41, 5.74) is 6.07. The zero-order valence-corrected chi connectivity index (χ0v) is 22.7. The van der Waals surface area contributed by atoms with E-state index in [0.717, 1.165) is 44.3 Å². The number of anilines is 3. The number of halogens is 1. The summed E-state index contributed by atoms with van der Waals surface area (Å²) >= 11 is 3.50. The molecule has 0 aromatic heterocycles. The van der Waals surface area contributed by atoms with Crippen molar-refractivity contribution in [3.05, 3.63) is 119 Å². The van der Waals surface area contributed by atoms with Gasteiger partial charge in [0.25, 0.3) is 0 Å². The normalized spacial score (nSPS) is 17.1. The second-order valence-electron chi connectivity index (χ2n) is 10.2. The van der Waals surface area contributed by atoms with Crippen molar-refractivity contribution in [2.75, 3.05) is 4.90 Å². The summed E-state index contributed by atoms with van der Waals surface area (Å²) in [5.74, 6) is 0.865. The summed E-state index contributed by atoms with van der Waals surface area (Å²) in [7, 11) is 0. The molecule has 0 spiro atoms. The highest BCUT2D eigenvalue weighted by Gasteiger charge is 2.50. The van der Waals surface area contributed by atoms with Gasteiger partial charge < -0.3 is 4.90 Å². The summed E-state index contributed by atoms with van der Waals surface area (Å²) in [6.45, 7) is 9.01. The first kappa shape index (κ1) is 24.2. The lowest BCUT2D eigenvalue weighted by Crippen LogP contribution is -2.38. The molecule has 0 fully saturated rings. The first-order chi connectivity index (χ1) is 17.3. The summed E-state index contributed by atoms with van der Waals surface area (Å²) in [5, 5.41) is 0. The van der Waals surface area contributed by atoms with E-state index in [2.05, 4.69) is 121 Å². The number of amidine groups is 1. The van der Waals surface area contributed by atoms with Crippen LogP contribution in [0.3, 0.4) is 0 Å². The van der Waals surface area contributed by atoms with Crippen molar-refractivity contribution >= 4 is 50.2 Å². The molecular formula is C32H30BrN3. The van der Waals surface area contributed by atoms with Crippen LogP contribution in [-0.2, 0) is 0 Å². The van der Waals surface area contributed by atoms with Crippen molar-refractivity contribution in [1.82, 2.24) is 0 Å². The average Bonchev–Trinajstić information content (AvgIpc) is 3.06. The fourth-order valence-electron chi connectivity index (χ4n) is 4.56. The highest BCUT2D eigenvalue weighted by Crippen LogP contribution is 2.48. The van der Waals surface area contributed by atoms with E-state index in [-0.39, 0.29) is 10.8 Å². The molecule has 1 heterocycles. The molecule has 0 aliphatic carbocycles. The standard InChI is InChI=1S/C32H30BrN3/c1-31(2)29(35-30(32(31,3)4)34-25-19-17-24(33)18-20-25)23-15-21-28(22-16-23)36(26-11-7-5-8-12-26)27-13-9-6-10-14-27/h5-22H,1-4H3. The predicted molar refractivity (Wildman–Crippen MR) is 156 cm³/mol. The fourth-order valence-corrected chi connectivity index (χ4v) is 4.82. The van der Waals surface area contributed by atoms with Gasteiger partial charge in [-0.15, -0.1) is 0 Å². The van der Waals surface area contributed by atoms with Crippen LogP contribution in [0.4, 0.5) is 22.7 Å². The third kappa shape index (κ3) is 4.42. The van der Waals surface area contributed by atoms with Crippen LogP contribution in [-0.4, -0.2) is 11.5 Å². The molecule has 0 atom stereocenters. The smallest absolute Gasteiger partial charge is 0.135 e. The first-order valence-corrected chi connectivity index (χ1v) is 13.0. The molecule has 4 heteroatoms. The summed E-state index contributed by atoms with van der Waals surface area (Å²) in [6, 6.07) is 37.7. The maximum Gasteiger partial charge on any atom is 0.135 e. The van der Waals surface area contributed by atoms with Gasteiger partial charge in [-0.3, -0.25) is 0 Å². The molecule has 3 nitrogen and oxygen atoms in total. The zero-order valence-electron chi connectivity index (χ0n) is 21.1. The maximum atomic E-state index is 5.11. The molecule has 4 aromatic rings. The van der Waals surface area contributed by atoms with Crippen LogP contribution in [0.5, 0.6) is 0 Å². The van der Waals surface area contributed by atoms with E-state index in [1.165, 1.54) is 0 Å². The van der Waals surface area contributed by atoms with Gasteiger partial charge in [-0.05, 0) is 66.2 Å². The Kier molecular flexibility index (Phi) is 6.40. The number of hydrogen-bond donors (Lipinski definition) is 0. The van der Waals surface area contributed by atoms with E-state index in [1.54, 1.807) is 0 Å². The average molecular weight is 537 g/mol. The molecule has 0 bridgehead atoms. The largest absolute Gasteiger partial charge is 0.311 e. The molecule has 0 saturated carbocycles. The Labute approximate surface area is 222 Å². The van der Waals surface area contributed by atoms with E-state index in [0.29, 0.717) is 0 Å². The molecule has 5 rings (SSSR count). The molecule has 0 N–H and O–H groups in total. The molecule has 0 radical (unpaired) electrons. The second kappa shape index (κ2) is 9.51. The molecular weight excluding hydrogens is 506 g/mol. The lowest BCUT2D eigenvalue weighted by molar-refractivity contribution is 0.299. The van der Waals surface area contributed by atoms with Crippen LogP contribution in [0.1, 0.15) is 33.3 Å². The molecule has 4 aromatic carbocycles. The summed E-state index contributed by atoms with van der Waals surface area (Å²) in [4.78, 5) is 12.3. The Bertz CT molecular complexity index is 1360. The number of nitrogens with zero attached hydrogens (tertiary/aromatic N) is 3. The Morgan fingerprint density at radius 3 is 1.64 bits per heavy atom. The second-order valence-corrected chi connectivity index (χ2v) is 11.1. The van der Waals surface area contributed by atoms with Gasteiger partial charge >= 0.3 is 0 Å². The van der Waals surface area contributed by atoms with Crippen molar-refractivity contribution in [2.24, 2.45) is 20.8 Å². The van der Waals surface area contributed by atoms with Crippen LogP contribution < -0.4 is 4.90 Å². The lowest BCUT2D eigenvalue weighted by atomic mass is 9.65. The number of hydrogen-bond acceptors (Lipinski definition) is 2. The lowest BCUT2D eigenvalue weighted by Gasteiger charge is -2.35. The van der Waals surface area contributed by atoms with Crippen molar-refractivity contribution in [2.45, 2.75) is 27.7 Å². The van der Waals surface area contributed by atoms with E-state index < -0.39 is 0 Å². The number of para-hydroxylation sites is 2. The van der Waals surface area contributed by atoms with Crippen LogP contribution in [0, 0.1) is 10.8 Å². The number of rotatable bonds is 5. The summed E-state index contributed by atoms with van der Waals surface area (Å²) in [6.07, 6.45) is 0. The van der Waals surface area contributed by atoms with Gasteiger partial charge in [-0.2, -0.15) is 0 Å². The zero-order chi connectivity index (χ0) is 25.3. The van der Waals surface area contributed by atoms with Crippen molar-refractivity contribution in [1.29, 1.82) is 0 Å². The monoisotopic (exact) mass is 535 g/mol. The van der Waals surface area contributed by atoms with E-state index in [1.807, 2.05) is 36.4 Å². The van der Waals surface area contributed by atoms with Gasteiger partial charge in [-0.1, -0.05) is 92.2 Å². The third-order valence-electron chi connectivity index (χ3n) is 7.42. The van der Waals surface area contributed by atoms with Gasteiger partial charge in [0.05, 0.1) is 11.4 Å². The third-order valence-corrected chi connectivity index (χ3v) is 7.95. The van der Waals surface area contributed by atoms with Gasteiger partial charge in [0, 0.05) is 32.4 Å². The molecule has 1 aliphatic rings. The minimum Gasteiger partial charge on any atom is -0.311 e. The van der Waals surface area contributed by atoms with Crippen LogP contribution in [0.2, 0.25) is 0 Å². The number of aliphatic imine (C=N–C) groups is 2. The molecule has 0 unspecified atom stereocenters. The molecule has 36 heavy (non-hydrogen) atoms. The first-order valence-electron chi connectivity index (χ1n) is 12.2. The molecule has 1 aliphatic heterocycles. The fraction of sp³-hybridized carbons (Fsp3) is 0.188. The van der Waals surface area contributed by atoms with Crippen molar-refractivity contribution in [3.8, 4) is 0 Å². The van der Waals surface area contributed by atoms with E-state index in [4.69, 9.17) is 9.98 Å². The van der Waals surface area contributed by atoms with E-state index >= 15 is 0 Å².